The van der Waals surface area contributed by atoms with Gasteiger partial charge < -0.3 is 9.47 Å². The molecule has 0 unspecified atom stereocenters. The van der Waals surface area contributed by atoms with Crippen molar-refractivity contribution in [3.8, 4) is 11.5 Å². The van der Waals surface area contributed by atoms with Crippen LogP contribution in [-0.2, 0) is 19.2 Å². The summed E-state index contributed by atoms with van der Waals surface area (Å²) in [4.78, 5) is 48.5. The van der Waals surface area contributed by atoms with Crippen molar-refractivity contribution in [1.82, 2.24) is 21.7 Å². The van der Waals surface area contributed by atoms with Crippen LogP contribution < -0.4 is 31.2 Å². The van der Waals surface area contributed by atoms with Crippen molar-refractivity contribution >= 4 is 46.8 Å². The molecule has 0 radical (unpaired) electrons. The first-order valence-electron chi connectivity index (χ1n) is 11.2. The fraction of sp³-hybridized carbons (Fsp3) is 0.333. The van der Waals surface area contributed by atoms with Crippen LogP contribution in [0.2, 0.25) is 10.0 Å². The first-order valence-corrected chi connectivity index (χ1v) is 12.0. The van der Waals surface area contributed by atoms with Gasteiger partial charge in [0.2, 0.25) is 11.8 Å². The van der Waals surface area contributed by atoms with E-state index >= 15 is 0 Å². The van der Waals surface area contributed by atoms with E-state index in [1.165, 1.54) is 0 Å². The monoisotopic (exact) mass is 536 g/mol. The van der Waals surface area contributed by atoms with Gasteiger partial charge in [-0.15, -0.1) is 0 Å². The average Bonchev–Trinajstić information content (AvgIpc) is 2.89. The fourth-order valence-electron chi connectivity index (χ4n) is 3.52. The maximum Gasteiger partial charge on any atom is 0.276 e. The van der Waals surface area contributed by atoms with E-state index in [9.17, 15) is 19.2 Å². The lowest BCUT2D eigenvalue weighted by molar-refractivity contribution is -0.135. The number of hydrogen-bond donors (Lipinski definition) is 4. The number of hydrazine groups is 2. The summed E-state index contributed by atoms with van der Waals surface area (Å²) < 4.78 is 10.6. The Balaban J connectivity index is 1.28. The van der Waals surface area contributed by atoms with Crippen molar-refractivity contribution in [2.45, 2.75) is 25.7 Å². The summed E-state index contributed by atoms with van der Waals surface area (Å²) in [7, 11) is 0. The van der Waals surface area contributed by atoms with E-state index in [0.29, 0.717) is 47.2 Å². The molecule has 0 spiro atoms. The molecule has 0 heterocycles. The van der Waals surface area contributed by atoms with E-state index in [2.05, 4.69) is 21.7 Å². The molecule has 1 aliphatic carbocycles. The number of benzene rings is 2. The number of halogens is 2. The molecule has 12 heteroatoms. The van der Waals surface area contributed by atoms with Crippen LogP contribution in [-0.4, -0.2) is 36.8 Å². The third-order valence-electron chi connectivity index (χ3n) is 5.49. The topological polar surface area (TPSA) is 135 Å². The minimum absolute atomic E-state index is 0.273. The van der Waals surface area contributed by atoms with Gasteiger partial charge in [-0.25, -0.2) is 0 Å². The normalized spacial score (nSPS) is 16.8. The molecule has 10 nitrogen and oxygen atoms in total. The largest absolute Gasteiger partial charge is 0.484 e. The molecule has 0 aromatic heterocycles. The third kappa shape index (κ3) is 8.94. The number of nitrogens with one attached hydrogen (secondary N) is 4. The number of rotatable bonds is 8. The Labute approximate surface area is 217 Å². The average molecular weight is 537 g/mol. The van der Waals surface area contributed by atoms with Crippen molar-refractivity contribution in [1.29, 1.82) is 0 Å². The second-order valence-corrected chi connectivity index (χ2v) is 8.98. The van der Waals surface area contributed by atoms with Gasteiger partial charge in [0.1, 0.15) is 11.5 Å². The highest BCUT2D eigenvalue weighted by Gasteiger charge is 2.30. The van der Waals surface area contributed by atoms with E-state index in [-0.39, 0.29) is 36.9 Å². The lowest BCUT2D eigenvalue weighted by Crippen LogP contribution is -2.48. The molecule has 0 atom stereocenters. The van der Waals surface area contributed by atoms with Gasteiger partial charge in [-0.2, -0.15) is 0 Å². The van der Waals surface area contributed by atoms with E-state index in [0.717, 1.165) is 0 Å². The number of carbonyl (C=O) groups excluding carboxylic acids is 4. The summed E-state index contributed by atoms with van der Waals surface area (Å²) in [6, 6.07) is 13.1. The molecule has 1 fully saturated rings. The molecule has 0 bridgehead atoms. The van der Waals surface area contributed by atoms with E-state index in [1.54, 1.807) is 48.5 Å². The van der Waals surface area contributed by atoms with Crippen LogP contribution in [0.25, 0.3) is 0 Å². The Kier molecular flexibility index (Phi) is 10.2. The Bertz CT molecular complexity index is 972. The van der Waals surface area contributed by atoms with Gasteiger partial charge >= 0.3 is 0 Å². The zero-order valence-corrected chi connectivity index (χ0v) is 20.7. The zero-order valence-electron chi connectivity index (χ0n) is 19.2. The summed E-state index contributed by atoms with van der Waals surface area (Å²) >= 11 is 11.6. The summed E-state index contributed by atoms with van der Waals surface area (Å²) in [5.74, 6) is -1.42. The molecule has 1 saturated carbocycles. The number of amides is 4. The second-order valence-electron chi connectivity index (χ2n) is 8.11. The van der Waals surface area contributed by atoms with Crippen LogP contribution >= 0.6 is 23.2 Å². The Morgan fingerprint density at radius 2 is 0.944 bits per heavy atom. The van der Waals surface area contributed by atoms with Crippen LogP contribution in [0, 0.1) is 11.8 Å². The van der Waals surface area contributed by atoms with Gasteiger partial charge in [0.05, 0.1) is 0 Å². The van der Waals surface area contributed by atoms with E-state index in [4.69, 9.17) is 32.7 Å². The fourth-order valence-corrected chi connectivity index (χ4v) is 3.77. The van der Waals surface area contributed by atoms with Crippen molar-refractivity contribution in [3.05, 3.63) is 58.6 Å². The first-order chi connectivity index (χ1) is 17.3. The highest BCUT2D eigenvalue weighted by atomic mass is 35.5. The Morgan fingerprint density at radius 1 is 0.611 bits per heavy atom. The molecule has 1 aliphatic rings. The predicted molar refractivity (Wildman–Crippen MR) is 132 cm³/mol. The van der Waals surface area contributed by atoms with Gasteiger partial charge in [0.25, 0.3) is 11.8 Å². The molecule has 2 aromatic carbocycles. The van der Waals surface area contributed by atoms with Crippen molar-refractivity contribution in [2.24, 2.45) is 11.8 Å². The molecular weight excluding hydrogens is 511 g/mol. The maximum atomic E-state index is 12.4. The summed E-state index contributed by atoms with van der Waals surface area (Å²) in [5.41, 5.74) is 9.43. The molecule has 2 aromatic rings. The Hall–Kier alpha value is -3.50. The highest BCUT2D eigenvalue weighted by Crippen LogP contribution is 2.28. The van der Waals surface area contributed by atoms with Crippen LogP contribution in [0.5, 0.6) is 11.5 Å². The maximum absolute atomic E-state index is 12.4. The lowest BCUT2D eigenvalue weighted by atomic mass is 9.81. The number of hydrogen-bond acceptors (Lipinski definition) is 6. The van der Waals surface area contributed by atoms with Gasteiger partial charge in [-0.1, -0.05) is 23.2 Å². The molecule has 0 saturated heterocycles. The van der Waals surface area contributed by atoms with Gasteiger partial charge in [-0.05, 0) is 74.2 Å². The quantitative estimate of drug-likeness (QED) is 0.383. The van der Waals surface area contributed by atoms with Gasteiger partial charge in [-0.3, -0.25) is 40.9 Å². The molecule has 3 rings (SSSR count). The van der Waals surface area contributed by atoms with Gasteiger partial charge in [0.15, 0.2) is 13.2 Å². The molecule has 4 N–H and O–H groups in total. The molecule has 4 amide bonds. The van der Waals surface area contributed by atoms with Gasteiger partial charge in [0, 0.05) is 21.9 Å². The SMILES string of the molecule is O=C(COc1ccc(Cl)cc1)NNC(=O)C1CCC(C(=O)NNC(=O)COc2ccc(Cl)cc2)CC1. The first kappa shape index (κ1) is 27.1. The summed E-state index contributed by atoms with van der Waals surface area (Å²) in [6.07, 6.45) is 1.87. The van der Waals surface area contributed by atoms with Crippen molar-refractivity contribution in [3.63, 3.8) is 0 Å². The third-order valence-corrected chi connectivity index (χ3v) is 5.99. The standard InChI is InChI=1S/C24H26Cl2N4O6/c25-17-5-9-19(10-6-17)35-13-21(31)27-29-23(33)15-1-2-16(4-3-15)24(34)30-28-22(32)14-36-20-11-7-18(26)8-12-20/h5-12,15-16H,1-4,13-14H2,(H,27,31)(H,28,32)(H,29,33)(H,30,34). The van der Waals surface area contributed by atoms with E-state index in [1.807, 2.05) is 0 Å². The molecule has 0 aliphatic heterocycles. The van der Waals surface area contributed by atoms with Crippen LogP contribution in [0.3, 0.4) is 0 Å². The van der Waals surface area contributed by atoms with E-state index < -0.39 is 11.8 Å². The van der Waals surface area contributed by atoms with Crippen LogP contribution in [0.15, 0.2) is 48.5 Å². The molecule has 36 heavy (non-hydrogen) atoms. The zero-order chi connectivity index (χ0) is 25.9. The number of ether oxygens (including phenoxy) is 2. The molecule has 192 valence electrons. The molecular formula is C24H26Cl2N4O6. The van der Waals surface area contributed by atoms with Crippen molar-refractivity contribution in [2.75, 3.05) is 13.2 Å². The highest BCUT2D eigenvalue weighted by molar-refractivity contribution is 6.30. The predicted octanol–water partition coefficient (Wildman–Crippen LogP) is 2.55. The second kappa shape index (κ2) is 13.6. The Morgan fingerprint density at radius 3 is 1.28 bits per heavy atom. The minimum atomic E-state index is -0.512. The summed E-state index contributed by atoms with van der Waals surface area (Å²) in [5, 5.41) is 1.10. The van der Waals surface area contributed by atoms with Crippen molar-refractivity contribution < 1.29 is 28.7 Å². The van der Waals surface area contributed by atoms with Crippen LogP contribution in [0.4, 0.5) is 0 Å². The summed E-state index contributed by atoms with van der Waals surface area (Å²) in [6.45, 7) is -0.545. The minimum Gasteiger partial charge on any atom is -0.484 e. The number of carbonyl (C=O) groups is 4. The lowest BCUT2D eigenvalue weighted by Gasteiger charge is -2.27. The smallest absolute Gasteiger partial charge is 0.276 e. The van der Waals surface area contributed by atoms with Crippen LogP contribution in [0.1, 0.15) is 25.7 Å².